The fourth-order valence-corrected chi connectivity index (χ4v) is 3.13. The Morgan fingerprint density at radius 1 is 1.47 bits per heavy atom. The van der Waals surface area contributed by atoms with E-state index in [9.17, 15) is 0 Å². The van der Waals surface area contributed by atoms with Crippen LogP contribution < -0.4 is 5.32 Å². The first-order valence-corrected chi connectivity index (χ1v) is 8.03. The molecular formula is C16H23NOS. The lowest BCUT2D eigenvalue weighted by Crippen LogP contribution is -2.33. The molecular weight excluding hydrogens is 254 g/mol. The summed E-state index contributed by atoms with van der Waals surface area (Å²) in [7, 11) is 0. The number of benzene rings is 1. The molecule has 1 aliphatic rings. The zero-order chi connectivity index (χ0) is 13.5. The molecule has 2 nitrogen and oxygen atoms in total. The van der Waals surface area contributed by atoms with Crippen LogP contribution in [0.5, 0.6) is 0 Å². The van der Waals surface area contributed by atoms with Gasteiger partial charge in [-0.3, -0.25) is 0 Å². The van der Waals surface area contributed by atoms with Gasteiger partial charge in [0.25, 0.3) is 0 Å². The first kappa shape index (κ1) is 14.5. The molecule has 0 radical (unpaired) electrons. The van der Waals surface area contributed by atoms with Gasteiger partial charge in [0.2, 0.25) is 0 Å². The highest BCUT2D eigenvalue weighted by Gasteiger charge is 2.21. The smallest absolute Gasteiger partial charge is 0.0592 e. The maximum Gasteiger partial charge on any atom is 0.0592 e. The van der Waals surface area contributed by atoms with Crippen molar-refractivity contribution >= 4 is 17.4 Å². The van der Waals surface area contributed by atoms with Crippen LogP contribution in [0.3, 0.4) is 0 Å². The number of thioether (sulfide) groups is 1. The SMILES string of the molecule is C=CCSc1ccccc1NC1CCOC(CC)C1. The van der Waals surface area contributed by atoms with Crippen LogP contribution in [0, 0.1) is 0 Å². The molecule has 2 unspecified atom stereocenters. The largest absolute Gasteiger partial charge is 0.381 e. The van der Waals surface area contributed by atoms with E-state index in [1.165, 1.54) is 10.6 Å². The molecule has 1 saturated heterocycles. The molecule has 0 aliphatic carbocycles. The predicted octanol–water partition coefficient (Wildman–Crippen LogP) is 4.33. The number of ether oxygens (including phenoxy) is 1. The molecule has 1 heterocycles. The second kappa shape index (κ2) is 7.61. The molecule has 1 N–H and O–H groups in total. The molecule has 1 aliphatic heterocycles. The molecule has 19 heavy (non-hydrogen) atoms. The van der Waals surface area contributed by atoms with Crippen molar-refractivity contribution in [2.75, 3.05) is 17.7 Å². The lowest BCUT2D eigenvalue weighted by molar-refractivity contribution is 0.00923. The van der Waals surface area contributed by atoms with Crippen LogP contribution in [-0.4, -0.2) is 24.5 Å². The van der Waals surface area contributed by atoms with Crippen molar-refractivity contribution in [2.24, 2.45) is 0 Å². The Morgan fingerprint density at radius 3 is 3.11 bits per heavy atom. The van der Waals surface area contributed by atoms with Crippen LogP contribution in [0.2, 0.25) is 0 Å². The van der Waals surface area contributed by atoms with Gasteiger partial charge in [0.15, 0.2) is 0 Å². The zero-order valence-corrected chi connectivity index (χ0v) is 12.4. The van der Waals surface area contributed by atoms with E-state index in [-0.39, 0.29) is 0 Å². The normalized spacial score (nSPS) is 23.0. The molecule has 2 rings (SSSR count). The van der Waals surface area contributed by atoms with Gasteiger partial charge in [-0.05, 0) is 31.4 Å². The van der Waals surface area contributed by atoms with Crippen LogP contribution in [0.4, 0.5) is 5.69 Å². The average Bonchev–Trinajstić information content (AvgIpc) is 2.46. The molecule has 0 aromatic heterocycles. The van der Waals surface area contributed by atoms with E-state index in [4.69, 9.17) is 4.74 Å². The molecule has 1 fully saturated rings. The second-order valence-corrected chi connectivity index (χ2v) is 5.92. The summed E-state index contributed by atoms with van der Waals surface area (Å²) in [5, 5.41) is 3.69. The third-order valence-corrected chi connectivity index (χ3v) is 4.50. The van der Waals surface area contributed by atoms with E-state index in [1.807, 2.05) is 17.8 Å². The molecule has 3 heteroatoms. The maximum absolute atomic E-state index is 5.73. The maximum atomic E-state index is 5.73. The van der Waals surface area contributed by atoms with Gasteiger partial charge in [0, 0.05) is 29.0 Å². The Balaban J connectivity index is 1.99. The van der Waals surface area contributed by atoms with E-state index < -0.39 is 0 Å². The number of rotatable bonds is 6. The van der Waals surface area contributed by atoms with E-state index in [1.54, 1.807) is 0 Å². The molecule has 1 aromatic carbocycles. The highest BCUT2D eigenvalue weighted by atomic mass is 32.2. The van der Waals surface area contributed by atoms with E-state index >= 15 is 0 Å². The topological polar surface area (TPSA) is 21.3 Å². The van der Waals surface area contributed by atoms with E-state index in [2.05, 4.69) is 43.1 Å². The van der Waals surface area contributed by atoms with Gasteiger partial charge in [-0.1, -0.05) is 25.1 Å². The lowest BCUT2D eigenvalue weighted by Gasteiger charge is -2.30. The molecule has 1 aromatic rings. The van der Waals surface area contributed by atoms with Gasteiger partial charge >= 0.3 is 0 Å². The van der Waals surface area contributed by atoms with Gasteiger partial charge in [0.05, 0.1) is 6.10 Å². The van der Waals surface area contributed by atoms with Crippen molar-refractivity contribution in [1.82, 2.24) is 0 Å². The Bertz CT molecular complexity index is 407. The summed E-state index contributed by atoms with van der Waals surface area (Å²) in [6.07, 6.45) is 5.67. The summed E-state index contributed by atoms with van der Waals surface area (Å²) >= 11 is 1.83. The van der Waals surface area contributed by atoms with Crippen LogP contribution in [-0.2, 0) is 4.74 Å². The van der Waals surface area contributed by atoms with Crippen LogP contribution >= 0.6 is 11.8 Å². The van der Waals surface area contributed by atoms with Gasteiger partial charge in [-0.2, -0.15) is 0 Å². The molecule has 104 valence electrons. The lowest BCUT2D eigenvalue weighted by atomic mass is 10.0. The van der Waals surface area contributed by atoms with Crippen molar-refractivity contribution in [2.45, 2.75) is 43.2 Å². The quantitative estimate of drug-likeness (QED) is 0.617. The highest BCUT2D eigenvalue weighted by Crippen LogP contribution is 2.29. The summed E-state index contributed by atoms with van der Waals surface area (Å²) in [6, 6.07) is 9.06. The fourth-order valence-electron chi connectivity index (χ4n) is 2.38. The molecule has 0 spiro atoms. The third-order valence-electron chi connectivity index (χ3n) is 3.43. The molecule has 0 saturated carbocycles. The summed E-state index contributed by atoms with van der Waals surface area (Å²) in [5.74, 6) is 0.948. The average molecular weight is 277 g/mol. The van der Waals surface area contributed by atoms with Crippen LogP contribution in [0.15, 0.2) is 41.8 Å². The molecule has 0 amide bonds. The molecule has 0 bridgehead atoms. The van der Waals surface area contributed by atoms with Crippen molar-refractivity contribution in [3.05, 3.63) is 36.9 Å². The Morgan fingerprint density at radius 2 is 2.32 bits per heavy atom. The van der Waals surface area contributed by atoms with Crippen molar-refractivity contribution in [3.8, 4) is 0 Å². The standard InChI is InChI=1S/C16H23NOS/c1-3-11-19-16-8-6-5-7-15(16)17-13-9-10-18-14(4-2)12-13/h3,5-8,13-14,17H,1,4,9-12H2,2H3. The molecule has 2 atom stereocenters. The number of hydrogen-bond acceptors (Lipinski definition) is 3. The summed E-state index contributed by atoms with van der Waals surface area (Å²) in [6.45, 7) is 6.85. The summed E-state index contributed by atoms with van der Waals surface area (Å²) in [5.41, 5.74) is 1.25. The predicted molar refractivity (Wildman–Crippen MR) is 84.0 cm³/mol. The summed E-state index contributed by atoms with van der Waals surface area (Å²) < 4.78 is 5.73. The third kappa shape index (κ3) is 4.29. The van der Waals surface area contributed by atoms with E-state index in [0.29, 0.717) is 12.1 Å². The number of hydrogen-bond donors (Lipinski definition) is 1. The van der Waals surface area contributed by atoms with Crippen LogP contribution in [0.25, 0.3) is 0 Å². The highest BCUT2D eigenvalue weighted by molar-refractivity contribution is 7.99. The minimum Gasteiger partial charge on any atom is -0.381 e. The first-order valence-electron chi connectivity index (χ1n) is 7.04. The number of nitrogens with one attached hydrogen (secondary N) is 1. The minimum absolute atomic E-state index is 0.416. The first-order chi connectivity index (χ1) is 9.33. The van der Waals surface area contributed by atoms with Gasteiger partial charge in [0.1, 0.15) is 0 Å². The van der Waals surface area contributed by atoms with Crippen molar-refractivity contribution in [1.29, 1.82) is 0 Å². The zero-order valence-electron chi connectivity index (χ0n) is 11.6. The monoisotopic (exact) mass is 277 g/mol. The fraction of sp³-hybridized carbons (Fsp3) is 0.500. The second-order valence-electron chi connectivity index (χ2n) is 4.86. The van der Waals surface area contributed by atoms with Gasteiger partial charge in [-0.25, -0.2) is 0 Å². The Hall–Kier alpha value is -0.930. The Kier molecular flexibility index (Phi) is 5.80. The van der Waals surface area contributed by atoms with Crippen molar-refractivity contribution < 1.29 is 4.74 Å². The van der Waals surface area contributed by atoms with Gasteiger partial charge in [-0.15, -0.1) is 18.3 Å². The van der Waals surface area contributed by atoms with Gasteiger partial charge < -0.3 is 10.1 Å². The number of anilines is 1. The van der Waals surface area contributed by atoms with E-state index in [0.717, 1.165) is 31.6 Å². The van der Waals surface area contributed by atoms with Crippen molar-refractivity contribution in [3.63, 3.8) is 0 Å². The minimum atomic E-state index is 0.416. The number of para-hydroxylation sites is 1. The summed E-state index contributed by atoms with van der Waals surface area (Å²) in [4.78, 5) is 1.31. The Labute approximate surface area is 120 Å². The van der Waals surface area contributed by atoms with Crippen LogP contribution in [0.1, 0.15) is 26.2 Å².